The minimum Gasteiger partial charge on any atom is -0.349 e. The van der Waals surface area contributed by atoms with Crippen LogP contribution in [0.15, 0.2) is 36.5 Å². The van der Waals surface area contributed by atoms with Crippen LogP contribution in [0, 0.1) is 5.41 Å². The van der Waals surface area contributed by atoms with E-state index in [4.69, 9.17) is 11.6 Å². The highest BCUT2D eigenvalue weighted by Crippen LogP contribution is 2.71. The molecule has 0 unspecified atom stereocenters. The van der Waals surface area contributed by atoms with Crippen molar-refractivity contribution in [3.05, 3.63) is 52.9 Å². The minimum absolute atomic E-state index is 0.000776. The van der Waals surface area contributed by atoms with Crippen LogP contribution in [0.3, 0.4) is 0 Å². The number of alkyl halides is 5. The lowest BCUT2D eigenvalue weighted by Gasteiger charge is -2.39. The van der Waals surface area contributed by atoms with Gasteiger partial charge in [-0.25, -0.2) is 18.3 Å². The molecule has 212 valence electrons. The molecule has 2 aromatic heterocycles. The number of carbonyl (C=O) groups excluding carboxylic acids is 2. The number of halogens is 6. The molecule has 40 heavy (non-hydrogen) atoms. The smallest absolute Gasteiger partial charge is 0.349 e. The summed E-state index contributed by atoms with van der Waals surface area (Å²) in [5.41, 5.74) is -3.58. The maximum atomic E-state index is 15.1. The average Bonchev–Trinajstić information content (AvgIpc) is 3.12. The summed E-state index contributed by atoms with van der Waals surface area (Å²) >= 11 is 5.95. The van der Waals surface area contributed by atoms with Gasteiger partial charge in [0.05, 0.1) is 29.5 Å². The fraction of sp³-hybridized carbons (Fsp3) is 0.462. The fourth-order valence-electron chi connectivity index (χ4n) is 5.91. The highest BCUT2D eigenvalue weighted by atomic mass is 35.5. The van der Waals surface area contributed by atoms with Gasteiger partial charge in [-0.15, -0.1) is 0 Å². The van der Waals surface area contributed by atoms with Gasteiger partial charge in [0.15, 0.2) is 10.8 Å². The third kappa shape index (κ3) is 3.55. The molecule has 0 radical (unpaired) electrons. The first-order valence-electron chi connectivity index (χ1n) is 12.5. The second-order valence-corrected chi connectivity index (χ2v) is 11.5. The molecule has 1 N–H and O–H groups in total. The zero-order chi connectivity index (χ0) is 29.0. The molecule has 3 aliphatic rings. The number of aromatic nitrogens is 3. The predicted molar refractivity (Wildman–Crippen MR) is 135 cm³/mol. The Labute approximate surface area is 230 Å². The topological polar surface area (TPSA) is 82.8 Å². The molecule has 3 aromatic rings. The molecule has 2 aliphatic heterocycles. The van der Waals surface area contributed by atoms with Gasteiger partial charge < -0.3 is 15.1 Å². The molecular formula is C26H24ClF5N6O2. The van der Waals surface area contributed by atoms with Crippen LogP contribution in [0.4, 0.5) is 33.3 Å². The SMILES string of the molecule is CC(=O)N1CC(NC(=O)[C@]2(C)[C@@H](c3ccc(N4C[C@@](C)(C(F)(F)F)c5c4cnc4cc(Cl)nn54)cc3)C2(F)F)C1. The van der Waals surface area contributed by atoms with E-state index in [1.54, 1.807) is 0 Å². The van der Waals surface area contributed by atoms with Crippen LogP contribution in [0.25, 0.3) is 5.65 Å². The summed E-state index contributed by atoms with van der Waals surface area (Å²) in [7, 11) is 0. The Hall–Kier alpha value is -3.48. The molecule has 0 spiro atoms. The van der Waals surface area contributed by atoms with Gasteiger partial charge in [0.25, 0.3) is 5.92 Å². The minimum atomic E-state index is -4.64. The Morgan fingerprint density at radius 2 is 1.77 bits per heavy atom. The summed E-state index contributed by atoms with van der Waals surface area (Å²) in [6.07, 6.45) is -3.33. The summed E-state index contributed by atoms with van der Waals surface area (Å²) in [6.45, 7) is 3.70. The number of amides is 2. The fourth-order valence-corrected chi connectivity index (χ4v) is 6.08. The molecule has 1 saturated carbocycles. The highest BCUT2D eigenvalue weighted by Gasteiger charge is 2.82. The molecule has 14 heteroatoms. The Morgan fingerprint density at radius 1 is 1.12 bits per heavy atom. The molecular weight excluding hydrogens is 559 g/mol. The lowest BCUT2D eigenvalue weighted by molar-refractivity contribution is -0.181. The van der Waals surface area contributed by atoms with Crippen molar-refractivity contribution >= 4 is 40.4 Å². The molecule has 8 nitrogen and oxygen atoms in total. The summed E-state index contributed by atoms with van der Waals surface area (Å²) in [4.78, 5) is 31.3. The maximum Gasteiger partial charge on any atom is 0.401 e. The molecule has 6 rings (SSSR count). The first kappa shape index (κ1) is 26.7. The molecule has 2 amide bonds. The van der Waals surface area contributed by atoms with Crippen molar-refractivity contribution in [1.82, 2.24) is 24.8 Å². The van der Waals surface area contributed by atoms with Gasteiger partial charge in [-0.3, -0.25) is 9.59 Å². The highest BCUT2D eigenvalue weighted by molar-refractivity contribution is 6.29. The number of benzene rings is 1. The Kier molecular flexibility index (Phi) is 5.53. The van der Waals surface area contributed by atoms with E-state index in [9.17, 15) is 22.8 Å². The second-order valence-electron chi connectivity index (χ2n) is 11.1. The summed E-state index contributed by atoms with van der Waals surface area (Å²) in [5.74, 6) is -5.69. The van der Waals surface area contributed by atoms with Gasteiger partial charge in [0, 0.05) is 38.3 Å². The number of anilines is 2. The normalized spacial score (nSPS) is 27.5. The van der Waals surface area contributed by atoms with E-state index in [1.807, 2.05) is 0 Å². The number of nitrogens with one attached hydrogen (secondary N) is 1. The number of rotatable bonds is 4. The lowest BCUT2D eigenvalue weighted by Crippen LogP contribution is -2.61. The van der Waals surface area contributed by atoms with Crippen LogP contribution in [-0.2, 0) is 15.0 Å². The average molecular weight is 583 g/mol. The standard InChI is InChI=1S/C26H24ClF5N6O2/c1-13(39)36-10-15(11-36)34-22(40)24(3)20(25(24,28)29)14-4-6-16(7-5-14)37-12-23(2,26(30,31)32)21-17(37)9-33-19-8-18(27)35-38(19)21/h4-9,15,20H,10-12H2,1-3H3,(H,34,40)/t20-,23-,24+/m1/s1. The zero-order valence-electron chi connectivity index (χ0n) is 21.6. The molecule has 1 aromatic carbocycles. The first-order valence-corrected chi connectivity index (χ1v) is 12.9. The van der Waals surface area contributed by atoms with E-state index in [1.165, 1.54) is 60.2 Å². The summed E-state index contributed by atoms with van der Waals surface area (Å²) in [5, 5.41) is 6.62. The molecule has 3 atom stereocenters. The summed E-state index contributed by atoms with van der Waals surface area (Å²) < 4.78 is 74.4. The van der Waals surface area contributed by atoms with Crippen molar-refractivity contribution in [2.24, 2.45) is 5.41 Å². The monoisotopic (exact) mass is 582 g/mol. The van der Waals surface area contributed by atoms with Crippen molar-refractivity contribution in [3.63, 3.8) is 0 Å². The van der Waals surface area contributed by atoms with Gasteiger partial charge in [-0.1, -0.05) is 23.7 Å². The molecule has 2 fully saturated rings. The first-order chi connectivity index (χ1) is 18.6. The maximum absolute atomic E-state index is 15.1. The van der Waals surface area contributed by atoms with E-state index < -0.39 is 47.3 Å². The van der Waals surface area contributed by atoms with Crippen molar-refractivity contribution in [2.45, 2.75) is 50.2 Å². The Bertz CT molecular complexity index is 1550. The van der Waals surface area contributed by atoms with Crippen molar-refractivity contribution in [1.29, 1.82) is 0 Å². The molecule has 1 aliphatic carbocycles. The third-order valence-electron chi connectivity index (χ3n) is 8.57. The van der Waals surface area contributed by atoms with Gasteiger partial charge in [0.1, 0.15) is 10.8 Å². The van der Waals surface area contributed by atoms with Gasteiger partial charge in [0.2, 0.25) is 11.8 Å². The zero-order valence-corrected chi connectivity index (χ0v) is 22.3. The Morgan fingerprint density at radius 3 is 2.38 bits per heavy atom. The van der Waals surface area contributed by atoms with Crippen LogP contribution in [0.5, 0.6) is 0 Å². The van der Waals surface area contributed by atoms with Crippen LogP contribution in [0.1, 0.15) is 37.9 Å². The molecule has 1 saturated heterocycles. The van der Waals surface area contributed by atoms with E-state index >= 15 is 8.78 Å². The number of fused-ring (bicyclic) bond motifs is 3. The number of nitrogens with zero attached hydrogens (tertiary/aromatic N) is 5. The van der Waals surface area contributed by atoms with Crippen LogP contribution in [0.2, 0.25) is 5.15 Å². The van der Waals surface area contributed by atoms with E-state index in [-0.39, 0.29) is 46.7 Å². The van der Waals surface area contributed by atoms with Crippen LogP contribution < -0.4 is 10.2 Å². The number of hydrogen-bond donors (Lipinski definition) is 1. The largest absolute Gasteiger partial charge is 0.401 e. The summed E-state index contributed by atoms with van der Waals surface area (Å²) in [6, 6.07) is 6.72. The lowest BCUT2D eigenvalue weighted by atomic mass is 9.87. The number of carbonyl (C=O) groups is 2. The van der Waals surface area contributed by atoms with Gasteiger partial charge in [-0.2, -0.15) is 18.3 Å². The van der Waals surface area contributed by atoms with Crippen LogP contribution >= 0.6 is 11.6 Å². The second kappa shape index (κ2) is 8.27. The van der Waals surface area contributed by atoms with E-state index in [0.717, 1.165) is 11.4 Å². The number of likely N-dealkylation sites (tertiary alicyclic amines) is 1. The third-order valence-corrected chi connectivity index (χ3v) is 8.75. The van der Waals surface area contributed by atoms with Crippen molar-refractivity contribution in [2.75, 3.05) is 24.5 Å². The van der Waals surface area contributed by atoms with Crippen LogP contribution in [-0.4, -0.2) is 69.1 Å². The predicted octanol–water partition coefficient (Wildman–Crippen LogP) is 4.44. The van der Waals surface area contributed by atoms with Crippen molar-refractivity contribution < 1.29 is 31.5 Å². The quantitative estimate of drug-likeness (QED) is 0.460. The van der Waals surface area contributed by atoms with Crippen molar-refractivity contribution in [3.8, 4) is 0 Å². The van der Waals surface area contributed by atoms with Gasteiger partial charge >= 0.3 is 6.18 Å². The van der Waals surface area contributed by atoms with Gasteiger partial charge in [-0.05, 0) is 31.5 Å². The number of hydrogen-bond acceptors (Lipinski definition) is 5. The molecule has 4 heterocycles. The molecule has 0 bridgehead atoms. The van der Waals surface area contributed by atoms with E-state index in [0.29, 0.717) is 5.69 Å². The van der Waals surface area contributed by atoms with E-state index in [2.05, 4.69) is 15.4 Å². The Balaban J connectivity index is 1.28.